The van der Waals surface area contributed by atoms with Gasteiger partial charge < -0.3 is 0 Å². The van der Waals surface area contributed by atoms with Crippen LogP contribution in [-0.2, 0) is 0 Å². The molecule has 0 amide bonds. The first-order valence-corrected chi connectivity index (χ1v) is 6.18. The fourth-order valence-corrected chi connectivity index (χ4v) is 3.65. The van der Waals surface area contributed by atoms with Crippen LogP contribution in [0.15, 0.2) is 10.2 Å². The van der Waals surface area contributed by atoms with E-state index in [0.717, 1.165) is 6.42 Å². The van der Waals surface area contributed by atoms with Gasteiger partial charge in [0, 0.05) is 11.6 Å². The van der Waals surface area contributed by atoms with Crippen molar-refractivity contribution in [2.75, 3.05) is 0 Å². The van der Waals surface area contributed by atoms with Crippen molar-refractivity contribution in [2.45, 2.75) is 53.4 Å². The van der Waals surface area contributed by atoms with Crippen LogP contribution in [0.3, 0.4) is 0 Å². The van der Waals surface area contributed by atoms with E-state index < -0.39 is 0 Å². The normalized spacial score (nSPS) is 44.0. The minimum atomic E-state index is 0.151. The summed E-state index contributed by atoms with van der Waals surface area (Å²) in [4.78, 5) is 0. The first-order valence-electron chi connectivity index (χ1n) is 6.18. The number of hydrogen-bond acceptors (Lipinski definition) is 2. The first kappa shape index (κ1) is 10.8. The van der Waals surface area contributed by atoms with Crippen LogP contribution in [0.1, 0.15) is 53.4 Å². The molecule has 1 fully saturated rings. The van der Waals surface area contributed by atoms with Crippen molar-refractivity contribution in [3.63, 3.8) is 0 Å². The van der Waals surface area contributed by atoms with Gasteiger partial charge in [-0.15, -0.1) is 0 Å². The van der Waals surface area contributed by atoms with Gasteiger partial charge in [-0.05, 0) is 31.1 Å². The van der Waals surface area contributed by atoms with Gasteiger partial charge in [0.1, 0.15) is 0 Å². The van der Waals surface area contributed by atoms with Crippen LogP contribution >= 0.6 is 0 Å². The Bertz CT molecular complexity index is 318. The third kappa shape index (κ3) is 1.37. The highest BCUT2D eigenvalue weighted by Crippen LogP contribution is 2.53. The Morgan fingerprint density at radius 1 is 1.40 bits per heavy atom. The molecule has 1 aliphatic heterocycles. The zero-order valence-electron chi connectivity index (χ0n) is 10.4. The van der Waals surface area contributed by atoms with Crippen LogP contribution in [0.25, 0.3) is 0 Å². The summed E-state index contributed by atoms with van der Waals surface area (Å²) in [5.41, 5.74) is 1.94. The number of fused-ring (bicyclic) bond motifs is 1. The van der Waals surface area contributed by atoms with Gasteiger partial charge in [0.2, 0.25) is 0 Å². The standard InChI is InChI=1S/C13H22N2/c1-5-10-12(3,6-2)8-7-11-13(10,4)9-14-15-11/h9-10H,5-8H2,1-4H3. The molecule has 0 N–H and O–H groups in total. The van der Waals surface area contributed by atoms with Crippen molar-refractivity contribution in [3.8, 4) is 0 Å². The molecule has 1 saturated carbocycles. The third-order valence-corrected chi connectivity index (χ3v) is 4.84. The molecule has 0 radical (unpaired) electrons. The summed E-state index contributed by atoms with van der Waals surface area (Å²) in [5, 5.41) is 8.47. The molecule has 2 rings (SSSR count). The Morgan fingerprint density at radius 3 is 2.73 bits per heavy atom. The SMILES string of the molecule is CCC1C(C)(CC)CCC2=NN=CC21C. The number of nitrogens with zero attached hydrogens (tertiary/aromatic N) is 2. The molecule has 0 bridgehead atoms. The van der Waals surface area contributed by atoms with Crippen LogP contribution in [0, 0.1) is 16.7 Å². The number of rotatable bonds is 2. The van der Waals surface area contributed by atoms with Crippen molar-refractivity contribution in [1.82, 2.24) is 0 Å². The average molecular weight is 206 g/mol. The molecular weight excluding hydrogens is 184 g/mol. The molecule has 3 unspecified atom stereocenters. The molecule has 0 aromatic heterocycles. The Kier molecular flexibility index (Phi) is 2.48. The van der Waals surface area contributed by atoms with Crippen molar-refractivity contribution in [3.05, 3.63) is 0 Å². The van der Waals surface area contributed by atoms with Gasteiger partial charge in [0.05, 0.1) is 5.71 Å². The van der Waals surface area contributed by atoms with Gasteiger partial charge >= 0.3 is 0 Å². The lowest BCUT2D eigenvalue weighted by Gasteiger charge is -2.49. The topological polar surface area (TPSA) is 24.7 Å². The lowest BCUT2D eigenvalue weighted by Crippen LogP contribution is -2.48. The second-order valence-corrected chi connectivity index (χ2v) is 5.54. The van der Waals surface area contributed by atoms with Gasteiger partial charge in [-0.2, -0.15) is 10.2 Å². The van der Waals surface area contributed by atoms with Gasteiger partial charge in [-0.3, -0.25) is 0 Å². The summed E-state index contributed by atoms with van der Waals surface area (Å²) in [6.07, 6.45) is 6.99. The molecule has 0 aromatic rings. The van der Waals surface area contributed by atoms with Crippen molar-refractivity contribution >= 4 is 11.9 Å². The van der Waals surface area contributed by atoms with E-state index in [9.17, 15) is 0 Å². The quantitative estimate of drug-likeness (QED) is 0.658. The fraction of sp³-hybridized carbons (Fsp3) is 0.846. The van der Waals surface area contributed by atoms with Crippen molar-refractivity contribution < 1.29 is 0 Å². The molecule has 84 valence electrons. The lowest BCUT2D eigenvalue weighted by atomic mass is 9.54. The lowest BCUT2D eigenvalue weighted by molar-refractivity contribution is 0.0925. The molecule has 1 aliphatic carbocycles. The second-order valence-electron chi connectivity index (χ2n) is 5.54. The van der Waals surface area contributed by atoms with Crippen LogP contribution < -0.4 is 0 Å². The highest BCUT2D eigenvalue weighted by atomic mass is 15.2. The van der Waals surface area contributed by atoms with E-state index in [2.05, 4.69) is 44.1 Å². The molecule has 1 heterocycles. The maximum Gasteiger partial charge on any atom is 0.0521 e. The molecule has 2 nitrogen and oxygen atoms in total. The first-order chi connectivity index (χ1) is 7.07. The highest BCUT2D eigenvalue weighted by molar-refractivity contribution is 6.06. The van der Waals surface area contributed by atoms with Gasteiger partial charge in [-0.1, -0.05) is 33.6 Å². The molecule has 0 aromatic carbocycles. The minimum Gasteiger partial charge on any atom is -0.163 e. The van der Waals surface area contributed by atoms with E-state index in [0.29, 0.717) is 11.3 Å². The summed E-state index contributed by atoms with van der Waals surface area (Å²) in [6.45, 7) is 9.39. The molecule has 15 heavy (non-hydrogen) atoms. The summed E-state index contributed by atoms with van der Waals surface area (Å²) in [7, 11) is 0. The molecule has 3 atom stereocenters. The second kappa shape index (κ2) is 3.43. The van der Waals surface area contributed by atoms with Crippen molar-refractivity contribution in [1.29, 1.82) is 0 Å². The van der Waals surface area contributed by atoms with E-state index in [4.69, 9.17) is 0 Å². The van der Waals surface area contributed by atoms with Gasteiger partial charge in [0.15, 0.2) is 0 Å². The van der Waals surface area contributed by atoms with Crippen LogP contribution in [0.5, 0.6) is 0 Å². The predicted molar refractivity (Wildman–Crippen MR) is 65.4 cm³/mol. The van der Waals surface area contributed by atoms with Crippen LogP contribution in [-0.4, -0.2) is 11.9 Å². The van der Waals surface area contributed by atoms with Gasteiger partial charge in [-0.25, -0.2) is 0 Å². The molecular formula is C13H22N2. The maximum atomic E-state index is 4.31. The minimum absolute atomic E-state index is 0.151. The van der Waals surface area contributed by atoms with Gasteiger partial charge in [0.25, 0.3) is 0 Å². The van der Waals surface area contributed by atoms with E-state index in [1.54, 1.807) is 0 Å². The smallest absolute Gasteiger partial charge is 0.0521 e. The van der Waals surface area contributed by atoms with E-state index in [-0.39, 0.29) is 5.41 Å². The average Bonchev–Trinajstić information content (AvgIpc) is 2.59. The fourth-order valence-electron chi connectivity index (χ4n) is 3.65. The Morgan fingerprint density at radius 2 is 2.13 bits per heavy atom. The molecule has 0 spiro atoms. The summed E-state index contributed by atoms with van der Waals surface area (Å²) in [5.74, 6) is 0.703. The van der Waals surface area contributed by atoms with Crippen LogP contribution in [0.4, 0.5) is 0 Å². The Balaban J connectivity index is 2.38. The largest absolute Gasteiger partial charge is 0.163 e. The van der Waals surface area contributed by atoms with Crippen LogP contribution in [0.2, 0.25) is 0 Å². The third-order valence-electron chi connectivity index (χ3n) is 4.84. The predicted octanol–water partition coefficient (Wildman–Crippen LogP) is 3.67. The van der Waals surface area contributed by atoms with Crippen molar-refractivity contribution in [2.24, 2.45) is 27.0 Å². The molecule has 2 aliphatic rings. The molecule has 2 heteroatoms. The summed E-state index contributed by atoms with van der Waals surface area (Å²) >= 11 is 0. The monoisotopic (exact) mass is 206 g/mol. The zero-order chi connectivity index (χ0) is 11.1. The Hall–Kier alpha value is -0.660. The molecule has 0 saturated heterocycles. The van der Waals surface area contributed by atoms with E-state index >= 15 is 0 Å². The Labute approximate surface area is 92.9 Å². The van der Waals surface area contributed by atoms with E-state index in [1.807, 2.05) is 0 Å². The maximum absolute atomic E-state index is 4.31. The zero-order valence-corrected chi connectivity index (χ0v) is 10.4. The summed E-state index contributed by atoms with van der Waals surface area (Å²) in [6, 6.07) is 0. The van der Waals surface area contributed by atoms with E-state index in [1.165, 1.54) is 25.0 Å². The summed E-state index contributed by atoms with van der Waals surface area (Å²) < 4.78 is 0. The highest BCUT2D eigenvalue weighted by Gasteiger charge is 2.51. The number of hydrogen-bond donors (Lipinski definition) is 0.